The van der Waals surface area contributed by atoms with Crippen molar-refractivity contribution in [2.45, 2.75) is 19.3 Å². The number of nitrogens with zero attached hydrogens (tertiary/aromatic N) is 3. The maximum atomic E-state index is 14.1. The predicted molar refractivity (Wildman–Crippen MR) is 77.2 cm³/mol. The molecule has 0 spiro atoms. The van der Waals surface area contributed by atoms with Crippen LogP contribution >= 0.6 is 0 Å². The van der Waals surface area contributed by atoms with Crippen LogP contribution in [0.3, 0.4) is 0 Å². The highest BCUT2D eigenvalue weighted by Gasteiger charge is 2.34. The fraction of sp³-hybridized carbons (Fsp3) is 0.500. The first-order valence-electron chi connectivity index (χ1n) is 7.42. The zero-order valence-corrected chi connectivity index (χ0v) is 11.9. The Bertz CT molecular complexity index is 592. The van der Waals surface area contributed by atoms with E-state index in [0.717, 1.165) is 32.4 Å². The zero-order chi connectivity index (χ0) is 14.8. The third-order valence-corrected chi connectivity index (χ3v) is 4.15. The molecule has 2 fully saturated rings. The van der Waals surface area contributed by atoms with E-state index in [1.54, 1.807) is 12.1 Å². The number of nitriles is 1. The summed E-state index contributed by atoms with van der Waals surface area (Å²) in [5.41, 5.74) is 0.853. The van der Waals surface area contributed by atoms with Gasteiger partial charge in [0.05, 0.1) is 17.3 Å². The first kappa shape index (κ1) is 13.9. The number of rotatable bonds is 2. The van der Waals surface area contributed by atoms with Crippen molar-refractivity contribution in [1.82, 2.24) is 4.90 Å². The van der Waals surface area contributed by atoms with E-state index in [0.29, 0.717) is 24.3 Å². The molecule has 3 rings (SSSR count). The van der Waals surface area contributed by atoms with Gasteiger partial charge in [-0.2, -0.15) is 5.26 Å². The lowest BCUT2D eigenvalue weighted by molar-refractivity contribution is -0.132. The first-order chi connectivity index (χ1) is 10.2. The third-order valence-electron chi connectivity index (χ3n) is 4.15. The van der Waals surface area contributed by atoms with Gasteiger partial charge in [-0.3, -0.25) is 4.79 Å². The van der Waals surface area contributed by atoms with Crippen molar-refractivity contribution in [2.75, 3.05) is 31.1 Å². The second kappa shape index (κ2) is 5.72. The number of hydrogen-bond donors (Lipinski definition) is 0. The number of anilines is 1. The van der Waals surface area contributed by atoms with Gasteiger partial charge in [0.1, 0.15) is 5.82 Å². The van der Waals surface area contributed by atoms with Crippen molar-refractivity contribution in [3.8, 4) is 6.07 Å². The molecule has 4 nitrogen and oxygen atoms in total. The van der Waals surface area contributed by atoms with Gasteiger partial charge < -0.3 is 9.80 Å². The summed E-state index contributed by atoms with van der Waals surface area (Å²) in [6, 6.07) is 6.51. The monoisotopic (exact) mass is 287 g/mol. The van der Waals surface area contributed by atoms with Crippen LogP contribution in [0.25, 0.3) is 0 Å². The Kier molecular flexibility index (Phi) is 3.78. The lowest BCUT2D eigenvalue weighted by Gasteiger charge is -2.24. The second-order valence-electron chi connectivity index (χ2n) is 5.72. The fourth-order valence-electron chi connectivity index (χ4n) is 2.80. The third kappa shape index (κ3) is 2.99. The molecule has 1 aromatic rings. The number of halogens is 1. The summed E-state index contributed by atoms with van der Waals surface area (Å²) in [6.45, 7) is 2.77. The molecule has 0 N–H and O–H groups in total. The number of amides is 1. The van der Waals surface area contributed by atoms with Crippen LogP contribution in [-0.2, 0) is 4.79 Å². The van der Waals surface area contributed by atoms with Crippen molar-refractivity contribution in [3.63, 3.8) is 0 Å². The molecule has 21 heavy (non-hydrogen) atoms. The number of hydrogen-bond acceptors (Lipinski definition) is 3. The molecule has 1 saturated heterocycles. The molecule has 0 bridgehead atoms. The molecule has 1 heterocycles. The molecule has 1 saturated carbocycles. The minimum Gasteiger partial charge on any atom is -0.367 e. The Balaban J connectivity index is 1.70. The summed E-state index contributed by atoms with van der Waals surface area (Å²) < 4.78 is 14.1. The lowest BCUT2D eigenvalue weighted by Crippen LogP contribution is -2.36. The van der Waals surface area contributed by atoms with Crippen LogP contribution in [0, 0.1) is 23.1 Å². The van der Waals surface area contributed by atoms with Gasteiger partial charge in [0.25, 0.3) is 0 Å². The summed E-state index contributed by atoms with van der Waals surface area (Å²) in [7, 11) is 0. The zero-order valence-electron chi connectivity index (χ0n) is 11.9. The summed E-state index contributed by atoms with van der Waals surface area (Å²) in [4.78, 5) is 16.0. The van der Waals surface area contributed by atoms with Crippen molar-refractivity contribution in [2.24, 2.45) is 5.92 Å². The molecule has 110 valence electrons. The highest BCUT2D eigenvalue weighted by molar-refractivity contribution is 5.81. The average molecular weight is 287 g/mol. The van der Waals surface area contributed by atoms with E-state index >= 15 is 0 Å². The van der Waals surface area contributed by atoms with Crippen LogP contribution in [0.1, 0.15) is 24.8 Å². The van der Waals surface area contributed by atoms with Crippen molar-refractivity contribution >= 4 is 11.6 Å². The maximum absolute atomic E-state index is 14.1. The highest BCUT2D eigenvalue weighted by atomic mass is 19.1. The van der Waals surface area contributed by atoms with Gasteiger partial charge in [-0.15, -0.1) is 0 Å². The van der Waals surface area contributed by atoms with Gasteiger partial charge in [0.15, 0.2) is 0 Å². The van der Waals surface area contributed by atoms with E-state index in [1.807, 2.05) is 15.9 Å². The van der Waals surface area contributed by atoms with Crippen LogP contribution in [0.5, 0.6) is 0 Å². The van der Waals surface area contributed by atoms with E-state index in [2.05, 4.69) is 0 Å². The molecule has 0 unspecified atom stereocenters. The number of carbonyl (C=O) groups excluding carboxylic acids is 1. The van der Waals surface area contributed by atoms with Gasteiger partial charge in [-0.05, 0) is 37.5 Å². The van der Waals surface area contributed by atoms with Gasteiger partial charge in [0, 0.05) is 32.1 Å². The van der Waals surface area contributed by atoms with Crippen molar-refractivity contribution in [3.05, 3.63) is 29.6 Å². The molecular weight excluding hydrogens is 269 g/mol. The van der Waals surface area contributed by atoms with E-state index in [-0.39, 0.29) is 17.6 Å². The summed E-state index contributed by atoms with van der Waals surface area (Å²) in [5, 5.41) is 8.79. The first-order valence-corrected chi connectivity index (χ1v) is 7.42. The molecule has 0 aromatic heterocycles. The summed E-state index contributed by atoms with van der Waals surface area (Å²) >= 11 is 0. The minimum absolute atomic E-state index is 0.239. The molecule has 0 atom stereocenters. The van der Waals surface area contributed by atoms with Gasteiger partial charge >= 0.3 is 0 Å². The minimum atomic E-state index is -0.365. The Hall–Kier alpha value is -2.09. The molecule has 1 aliphatic carbocycles. The molecule has 5 heteroatoms. The average Bonchev–Trinajstić information content (AvgIpc) is 3.33. The van der Waals surface area contributed by atoms with E-state index < -0.39 is 0 Å². The van der Waals surface area contributed by atoms with E-state index in [4.69, 9.17) is 5.26 Å². The smallest absolute Gasteiger partial charge is 0.225 e. The Labute approximate surface area is 123 Å². The molecule has 2 aliphatic rings. The number of carbonyl (C=O) groups is 1. The SMILES string of the molecule is N#Cc1ccc(N2CCCN(C(=O)C3CC3)CC2)c(F)c1. The molecule has 1 aromatic carbocycles. The van der Waals surface area contributed by atoms with E-state index in [1.165, 1.54) is 6.07 Å². The van der Waals surface area contributed by atoms with Gasteiger partial charge in [0.2, 0.25) is 5.91 Å². The maximum Gasteiger partial charge on any atom is 0.225 e. The second-order valence-corrected chi connectivity index (χ2v) is 5.72. The predicted octanol–water partition coefficient (Wildman–Crippen LogP) is 2.15. The summed E-state index contributed by atoms with van der Waals surface area (Å²) in [6.07, 6.45) is 2.88. The van der Waals surface area contributed by atoms with E-state index in [9.17, 15) is 9.18 Å². The van der Waals surface area contributed by atoms with Crippen LogP contribution < -0.4 is 4.90 Å². The molecular formula is C16H18FN3O. The normalized spacial score (nSPS) is 19.0. The molecule has 1 aliphatic heterocycles. The largest absolute Gasteiger partial charge is 0.367 e. The Morgan fingerprint density at radius 1 is 1.24 bits per heavy atom. The van der Waals surface area contributed by atoms with Crippen molar-refractivity contribution in [1.29, 1.82) is 5.26 Å². The molecule has 1 amide bonds. The lowest BCUT2D eigenvalue weighted by atomic mass is 10.2. The topological polar surface area (TPSA) is 47.3 Å². The van der Waals surface area contributed by atoms with Crippen LogP contribution in [0.4, 0.5) is 10.1 Å². The van der Waals surface area contributed by atoms with Crippen LogP contribution in [0.15, 0.2) is 18.2 Å². The van der Waals surface area contributed by atoms with Crippen LogP contribution in [0.2, 0.25) is 0 Å². The van der Waals surface area contributed by atoms with Gasteiger partial charge in [-0.1, -0.05) is 0 Å². The standard InChI is InChI=1S/C16H18FN3O/c17-14-10-12(11-18)2-5-15(14)19-6-1-7-20(9-8-19)16(21)13-3-4-13/h2,5,10,13H,1,3-4,6-9H2. The van der Waals surface area contributed by atoms with Crippen molar-refractivity contribution < 1.29 is 9.18 Å². The Morgan fingerprint density at radius 3 is 2.71 bits per heavy atom. The summed E-state index contributed by atoms with van der Waals surface area (Å²) in [5.74, 6) is 0.136. The molecule has 0 radical (unpaired) electrons. The number of benzene rings is 1. The van der Waals surface area contributed by atoms with Crippen LogP contribution in [-0.4, -0.2) is 37.0 Å². The highest BCUT2D eigenvalue weighted by Crippen LogP contribution is 2.31. The quantitative estimate of drug-likeness (QED) is 0.837. The van der Waals surface area contributed by atoms with Gasteiger partial charge in [-0.25, -0.2) is 4.39 Å². The Morgan fingerprint density at radius 2 is 2.05 bits per heavy atom. The fourth-order valence-corrected chi connectivity index (χ4v) is 2.80.